The van der Waals surface area contributed by atoms with Gasteiger partial charge in [0.2, 0.25) is 0 Å². The van der Waals surface area contributed by atoms with Crippen molar-refractivity contribution in [3.05, 3.63) is 65.6 Å². The molecule has 40 heavy (non-hydrogen) atoms. The summed E-state index contributed by atoms with van der Waals surface area (Å²) < 4.78 is 28.5. The van der Waals surface area contributed by atoms with Crippen molar-refractivity contribution in [2.75, 3.05) is 18.8 Å². The second-order valence-corrected chi connectivity index (χ2v) is 10.9. The van der Waals surface area contributed by atoms with Crippen LogP contribution >= 0.6 is 0 Å². The minimum atomic E-state index is -0.592. The number of benzene rings is 1. The maximum atomic E-state index is 15.4. The van der Waals surface area contributed by atoms with Crippen LogP contribution in [-0.2, 0) is 4.74 Å². The van der Waals surface area contributed by atoms with Crippen molar-refractivity contribution in [1.82, 2.24) is 29.4 Å². The summed E-state index contributed by atoms with van der Waals surface area (Å²) in [6.07, 6.45) is 4.61. The third kappa shape index (κ3) is 5.18. The maximum Gasteiger partial charge on any atom is 0.410 e. The van der Waals surface area contributed by atoms with Crippen LogP contribution in [0.2, 0.25) is 0 Å². The molecule has 0 aliphatic carbocycles. The molecule has 4 aromatic rings. The Morgan fingerprint density at radius 2 is 1.93 bits per heavy atom. The predicted octanol–water partition coefficient (Wildman–Crippen LogP) is 5.61. The lowest BCUT2D eigenvalue weighted by molar-refractivity contribution is 0.0251. The Morgan fingerprint density at radius 1 is 1.15 bits per heavy atom. The van der Waals surface area contributed by atoms with Gasteiger partial charge in [0.15, 0.2) is 17.4 Å². The van der Waals surface area contributed by atoms with Gasteiger partial charge < -0.3 is 24.7 Å². The van der Waals surface area contributed by atoms with Crippen LogP contribution in [0.25, 0.3) is 22.3 Å². The molecular formula is C29H32FN7O3. The highest BCUT2D eigenvalue weighted by molar-refractivity contribution is 5.95. The summed E-state index contributed by atoms with van der Waals surface area (Å²) in [5.41, 5.74) is 10.9. The number of carbonyl (C=O) groups is 1. The fourth-order valence-corrected chi connectivity index (χ4v) is 4.89. The Balaban J connectivity index is 1.58. The number of nitrogens with zero attached hydrogens (tertiary/aromatic N) is 6. The first-order valence-electron chi connectivity index (χ1n) is 13.0. The number of anilines is 1. The number of rotatable bonds is 4. The molecule has 0 radical (unpaired) electrons. The fourth-order valence-electron chi connectivity index (χ4n) is 4.89. The molecule has 2 N–H and O–H groups in total. The van der Waals surface area contributed by atoms with Crippen molar-refractivity contribution in [2.24, 2.45) is 5.92 Å². The Labute approximate surface area is 231 Å². The van der Waals surface area contributed by atoms with Crippen LogP contribution in [0.1, 0.15) is 44.6 Å². The van der Waals surface area contributed by atoms with Crippen LogP contribution in [0.5, 0.6) is 11.8 Å². The van der Waals surface area contributed by atoms with Crippen LogP contribution in [0, 0.1) is 25.6 Å². The number of aromatic nitrogens is 5. The smallest absolute Gasteiger partial charge is 0.410 e. The number of hydrogen-bond donors (Lipinski definition) is 1. The minimum Gasteiger partial charge on any atom is -0.444 e. The maximum absolute atomic E-state index is 15.4. The molecule has 1 aliphatic heterocycles. The van der Waals surface area contributed by atoms with E-state index in [-0.39, 0.29) is 29.6 Å². The Kier molecular flexibility index (Phi) is 6.91. The van der Waals surface area contributed by atoms with Crippen molar-refractivity contribution in [3.63, 3.8) is 0 Å². The Bertz CT molecular complexity index is 1640. The number of halogens is 1. The number of carbonyl (C=O) groups excluding carboxylic acids is 1. The van der Waals surface area contributed by atoms with Crippen LogP contribution in [0.4, 0.5) is 15.0 Å². The molecule has 0 fully saturated rings. The monoisotopic (exact) mass is 545 g/mol. The summed E-state index contributed by atoms with van der Waals surface area (Å²) in [7, 11) is 0. The topological polar surface area (TPSA) is 121 Å². The van der Waals surface area contributed by atoms with E-state index in [1.165, 1.54) is 18.5 Å². The van der Waals surface area contributed by atoms with Gasteiger partial charge in [-0.3, -0.25) is 0 Å². The zero-order valence-electron chi connectivity index (χ0n) is 23.4. The van der Waals surface area contributed by atoms with Crippen molar-refractivity contribution in [3.8, 4) is 17.4 Å². The largest absolute Gasteiger partial charge is 0.444 e. The number of nitrogens with two attached hydrogens (primary N) is 1. The molecular weight excluding hydrogens is 513 g/mol. The van der Waals surface area contributed by atoms with Crippen LogP contribution in [0.3, 0.4) is 0 Å². The highest BCUT2D eigenvalue weighted by Gasteiger charge is 2.31. The van der Waals surface area contributed by atoms with Gasteiger partial charge >= 0.3 is 12.1 Å². The third-order valence-corrected chi connectivity index (χ3v) is 6.64. The summed E-state index contributed by atoms with van der Waals surface area (Å²) in [5, 5.41) is 0. The van der Waals surface area contributed by atoms with Crippen molar-refractivity contribution >= 4 is 28.5 Å². The number of aryl methyl sites for hydroxylation is 2. The van der Waals surface area contributed by atoms with E-state index >= 15 is 4.39 Å². The number of hydrogen-bond acceptors (Lipinski definition) is 8. The fraction of sp³-hybridized carbons (Fsp3) is 0.345. The predicted molar refractivity (Wildman–Crippen MR) is 150 cm³/mol. The Morgan fingerprint density at radius 3 is 2.60 bits per heavy atom. The van der Waals surface area contributed by atoms with Gasteiger partial charge in [0, 0.05) is 48.2 Å². The molecule has 1 aromatic carbocycles. The van der Waals surface area contributed by atoms with Crippen molar-refractivity contribution in [1.29, 1.82) is 0 Å². The average Bonchev–Trinajstić information content (AvgIpc) is 3.17. The normalized spacial score (nSPS) is 15.7. The first-order chi connectivity index (χ1) is 18.9. The molecule has 0 bridgehead atoms. The van der Waals surface area contributed by atoms with E-state index in [9.17, 15) is 4.79 Å². The first kappa shape index (κ1) is 27.0. The van der Waals surface area contributed by atoms with Crippen molar-refractivity contribution in [2.45, 2.75) is 47.1 Å². The molecule has 1 unspecified atom stereocenters. The van der Waals surface area contributed by atoms with Gasteiger partial charge in [0.25, 0.3) is 0 Å². The summed E-state index contributed by atoms with van der Waals surface area (Å²) in [5.74, 6) is -0.382. The van der Waals surface area contributed by atoms with E-state index in [4.69, 9.17) is 15.2 Å². The summed E-state index contributed by atoms with van der Waals surface area (Å²) in [4.78, 5) is 31.4. The molecule has 10 nitrogen and oxygen atoms in total. The van der Waals surface area contributed by atoms with E-state index in [0.29, 0.717) is 35.5 Å². The average molecular weight is 546 g/mol. The molecule has 5 rings (SSSR count). The lowest BCUT2D eigenvalue weighted by Crippen LogP contribution is -2.41. The van der Waals surface area contributed by atoms with Crippen LogP contribution < -0.4 is 10.5 Å². The third-order valence-electron chi connectivity index (χ3n) is 6.64. The molecule has 1 amide bonds. The van der Waals surface area contributed by atoms with E-state index < -0.39 is 11.4 Å². The van der Waals surface area contributed by atoms with E-state index in [0.717, 1.165) is 16.8 Å². The molecule has 0 spiro atoms. The van der Waals surface area contributed by atoms with Gasteiger partial charge in [-0.05, 0) is 58.4 Å². The van der Waals surface area contributed by atoms with Gasteiger partial charge in [-0.25, -0.2) is 29.1 Å². The summed E-state index contributed by atoms with van der Waals surface area (Å²) in [6.45, 7) is 12.2. The summed E-state index contributed by atoms with van der Waals surface area (Å²) in [6, 6.07) is 6.44. The second-order valence-electron chi connectivity index (χ2n) is 10.9. The van der Waals surface area contributed by atoms with Crippen LogP contribution in [-0.4, -0.2) is 54.2 Å². The molecule has 208 valence electrons. The van der Waals surface area contributed by atoms with Gasteiger partial charge in [-0.1, -0.05) is 13.0 Å². The van der Waals surface area contributed by atoms with Gasteiger partial charge in [-0.15, -0.1) is 0 Å². The SMILES string of the molecule is Cc1ccnc(Oc2ccc(-n3c(C4=CCN(C(=O)OC(C)(C)C)CC4C)c(C)c4ncnc(N)c43)cc2F)n1. The number of nitrogen functional groups attached to an aromatic ring is 1. The minimum absolute atomic E-state index is 0.00782. The highest BCUT2D eigenvalue weighted by atomic mass is 19.1. The van der Waals surface area contributed by atoms with E-state index in [1.807, 2.05) is 45.3 Å². The number of fused-ring (bicyclic) bond motifs is 1. The molecule has 0 saturated heterocycles. The molecule has 1 atom stereocenters. The standard InChI is InChI=1S/C29H32FN7O3/c1-16-14-36(28(38)40-29(4,5)6)12-10-20(16)24-18(3)23-25(26(31)34-15-33-23)37(24)19-7-8-22(21(30)13-19)39-27-32-11-9-17(2)35-27/h7-11,13,15-16H,12,14H2,1-6H3,(H2,31,33,34). The second kappa shape index (κ2) is 10.2. The van der Waals surface area contributed by atoms with Gasteiger partial charge in [0.05, 0.1) is 11.2 Å². The number of amides is 1. The lowest BCUT2D eigenvalue weighted by Gasteiger charge is -2.33. The Hall–Kier alpha value is -4.54. The van der Waals surface area contributed by atoms with Crippen LogP contribution in [0.15, 0.2) is 42.9 Å². The lowest BCUT2D eigenvalue weighted by atomic mass is 9.92. The number of ether oxygens (including phenoxy) is 2. The zero-order valence-corrected chi connectivity index (χ0v) is 23.4. The summed E-state index contributed by atoms with van der Waals surface area (Å²) >= 11 is 0. The molecule has 11 heteroatoms. The van der Waals surface area contributed by atoms with E-state index in [1.54, 1.807) is 30.2 Å². The quantitative estimate of drug-likeness (QED) is 0.351. The van der Waals surface area contributed by atoms with Crippen molar-refractivity contribution < 1.29 is 18.7 Å². The first-order valence-corrected chi connectivity index (χ1v) is 13.0. The van der Waals surface area contributed by atoms with E-state index in [2.05, 4.69) is 19.9 Å². The highest BCUT2D eigenvalue weighted by Crippen LogP contribution is 2.39. The zero-order chi connectivity index (χ0) is 28.8. The molecule has 0 saturated carbocycles. The van der Waals surface area contributed by atoms with Gasteiger partial charge in [0.1, 0.15) is 17.4 Å². The molecule has 3 aromatic heterocycles. The molecule has 1 aliphatic rings. The van der Waals surface area contributed by atoms with Gasteiger partial charge in [-0.2, -0.15) is 0 Å². The molecule has 4 heterocycles.